The van der Waals surface area contributed by atoms with E-state index in [0.29, 0.717) is 0 Å². The molecule has 0 saturated heterocycles. The van der Waals surface area contributed by atoms with E-state index in [0.717, 1.165) is 0 Å². The minimum absolute atomic E-state index is 0.103. The molecule has 0 unspecified atom stereocenters. The standard InChI is InChI=1S/C37H58As2/c1-32(2,3)24-19-26(34(7,8)9)30(27(20-24)35(10,11)12)38-23-39-31-28(36(13,14)15)21-25(33(4,5)6)22-29(31)37(16,17)18/h19-22H,1-18H3. The van der Waals surface area contributed by atoms with Crippen LogP contribution in [0.4, 0.5) is 0 Å². The topological polar surface area (TPSA) is 0 Å². The third-order valence-corrected chi connectivity index (χ3v) is 13.1. The Hall–Kier alpha value is -0.663. The van der Waals surface area contributed by atoms with Crippen LogP contribution in [-0.4, -0.2) is 33.8 Å². The molecule has 0 amide bonds. The van der Waals surface area contributed by atoms with Crippen LogP contribution in [0, 0.1) is 0 Å². The van der Waals surface area contributed by atoms with Crippen LogP contribution in [0.15, 0.2) is 24.3 Å². The van der Waals surface area contributed by atoms with E-state index in [-0.39, 0.29) is 63.1 Å². The van der Waals surface area contributed by atoms with Gasteiger partial charge in [-0.05, 0) is 0 Å². The fraction of sp³-hybridized carbons (Fsp3) is 0.649. The fourth-order valence-corrected chi connectivity index (χ4v) is 12.4. The Kier molecular flexibility index (Phi) is 9.92. The zero-order chi connectivity index (χ0) is 30.6. The molecule has 0 N–H and O–H groups in total. The van der Waals surface area contributed by atoms with Crippen molar-refractivity contribution in [1.29, 1.82) is 0 Å². The Morgan fingerprint density at radius 3 is 0.718 bits per heavy atom. The molecule has 0 aliphatic rings. The van der Waals surface area contributed by atoms with Crippen molar-refractivity contribution in [3.63, 3.8) is 0 Å². The number of rotatable bonds is 2. The van der Waals surface area contributed by atoms with Crippen molar-refractivity contribution in [1.82, 2.24) is 0 Å². The van der Waals surface area contributed by atoms with Crippen molar-refractivity contribution in [2.75, 3.05) is 0 Å². The van der Waals surface area contributed by atoms with E-state index in [4.69, 9.17) is 0 Å². The molecule has 2 aromatic carbocycles. The summed E-state index contributed by atoms with van der Waals surface area (Å²) in [5.41, 5.74) is 9.71. The number of benzene rings is 2. The molecule has 0 saturated carbocycles. The molecule has 0 atom stereocenters. The van der Waals surface area contributed by atoms with Gasteiger partial charge in [0, 0.05) is 0 Å². The van der Waals surface area contributed by atoms with Crippen LogP contribution in [0.25, 0.3) is 0 Å². The predicted molar refractivity (Wildman–Crippen MR) is 181 cm³/mol. The molecule has 0 bridgehead atoms. The van der Waals surface area contributed by atoms with Crippen molar-refractivity contribution in [3.05, 3.63) is 57.6 Å². The van der Waals surface area contributed by atoms with E-state index in [1.807, 2.05) is 0 Å². The van der Waals surface area contributed by atoms with Gasteiger partial charge >= 0.3 is 257 Å². The molecule has 39 heavy (non-hydrogen) atoms. The van der Waals surface area contributed by atoms with E-state index in [2.05, 4.69) is 152 Å². The van der Waals surface area contributed by atoms with Crippen LogP contribution in [-0.2, 0) is 32.5 Å². The molecule has 216 valence electrons. The van der Waals surface area contributed by atoms with Crippen molar-refractivity contribution in [2.45, 2.75) is 157 Å². The van der Waals surface area contributed by atoms with Gasteiger partial charge in [0.15, 0.2) is 0 Å². The summed E-state index contributed by atoms with van der Waals surface area (Å²) in [4.78, 5) is 0. The van der Waals surface area contributed by atoms with Gasteiger partial charge in [0.1, 0.15) is 0 Å². The summed E-state index contributed by atoms with van der Waals surface area (Å²) in [6.45, 7) is 42.8. The summed E-state index contributed by atoms with van der Waals surface area (Å²) < 4.78 is 7.36. The van der Waals surface area contributed by atoms with Gasteiger partial charge < -0.3 is 0 Å². The van der Waals surface area contributed by atoms with Crippen molar-refractivity contribution in [2.24, 2.45) is 0 Å². The molecule has 0 fully saturated rings. The average molecular weight is 653 g/mol. The predicted octanol–water partition coefficient (Wildman–Crippen LogP) is 8.47. The maximum absolute atomic E-state index is 4.17. The first-order chi connectivity index (χ1) is 17.1. The zero-order valence-electron chi connectivity index (χ0n) is 28.7. The Labute approximate surface area is 256 Å². The molecule has 0 heterocycles. The number of hydrogen-bond donors (Lipinski definition) is 0. The molecule has 2 rings (SSSR count). The van der Waals surface area contributed by atoms with Gasteiger partial charge in [0.25, 0.3) is 0 Å². The van der Waals surface area contributed by atoms with Crippen molar-refractivity contribution < 1.29 is 0 Å². The van der Waals surface area contributed by atoms with E-state index < -0.39 is 0 Å². The van der Waals surface area contributed by atoms with Gasteiger partial charge in [0.2, 0.25) is 0 Å². The Morgan fingerprint density at radius 2 is 0.564 bits per heavy atom. The van der Waals surface area contributed by atoms with Crippen LogP contribution < -0.4 is 8.70 Å². The second kappa shape index (κ2) is 11.2. The molecule has 0 radical (unpaired) electrons. The average Bonchev–Trinajstić information content (AvgIpc) is 2.68. The summed E-state index contributed by atoms with van der Waals surface area (Å²) in [5.74, 6) is 0. The van der Waals surface area contributed by atoms with Crippen molar-refractivity contribution >= 4 is 42.5 Å². The first-order valence-corrected chi connectivity index (χ1v) is 18.5. The van der Waals surface area contributed by atoms with Gasteiger partial charge in [-0.25, -0.2) is 0 Å². The van der Waals surface area contributed by atoms with E-state index in [9.17, 15) is 0 Å². The van der Waals surface area contributed by atoms with E-state index in [1.165, 1.54) is 33.4 Å². The van der Waals surface area contributed by atoms with Gasteiger partial charge in [-0.1, -0.05) is 0 Å². The molecule has 0 aliphatic heterocycles. The van der Waals surface area contributed by atoms with Crippen LogP contribution in [0.2, 0.25) is 0 Å². The number of hydrogen-bond acceptors (Lipinski definition) is 0. The maximum atomic E-state index is 4.17. The zero-order valence-corrected chi connectivity index (χ0v) is 32.5. The Morgan fingerprint density at radius 1 is 0.359 bits per heavy atom. The molecule has 0 spiro atoms. The second-order valence-corrected chi connectivity index (χ2v) is 23.1. The summed E-state index contributed by atoms with van der Waals surface area (Å²) in [5, 5.41) is 0. The molecule has 2 aromatic rings. The molecule has 0 aliphatic carbocycles. The fourth-order valence-electron chi connectivity index (χ4n) is 4.79. The summed E-state index contributed by atoms with van der Waals surface area (Å²) in [7, 11) is 0. The minimum atomic E-state index is -0.174. The second-order valence-electron chi connectivity index (χ2n) is 17.7. The summed E-state index contributed by atoms with van der Waals surface area (Å²) >= 11 is -0.347. The third kappa shape index (κ3) is 8.67. The van der Waals surface area contributed by atoms with Crippen LogP contribution in [0.3, 0.4) is 0 Å². The third-order valence-electron chi connectivity index (χ3n) is 7.51. The Bertz CT molecular complexity index is 1090. The first-order valence-electron chi connectivity index (χ1n) is 14.7. The van der Waals surface area contributed by atoms with E-state index in [1.54, 1.807) is 8.70 Å². The van der Waals surface area contributed by atoms with Crippen molar-refractivity contribution in [3.8, 4) is 0 Å². The normalized spacial score (nSPS) is 14.2. The van der Waals surface area contributed by atoms with E-state index >= 15 is 0 Å². The molecular formula is C37H58As2. The van der Waals surface area contributed by atoms with Crippen LogP contribution in [0.5, 0.6) is 0 Å². The van der Waals surface area contributed by atoms with Crippen LogP contribution >= 0.6 is 0 Å². The van der Waals surface area contributed by atoms with Gasteiger partial charge in [-0.2, -0.15) is 0 Å². The quantitative estimate of drug-likeness (QED) is 0.286. The summed E-state index contributed by atoms with van der Waals surface area (Å²) in [6.07, 6.45) is 0. The molecule has 0 nitrogen and oxygen atoms in total. The summed E-state index contributed by atoms with van der Waals surface area (Å²) in [6, 6.07) is 10.1. The van der Waals surface area contributed by atoms with Gasteiger partial charge in [0.05, 0.1) is 0 Å². The van der Waals surface area contributed by atoms with Gasteiger partial charge in [-0.15, -0.1) is 0 Å². The SMILES string of the molecule is CC(C)(C)c1cc(C(C)(C)C)c([As]=C=[As]c2c(C(C)(C)C)cc(C(C)(C)C)cc2C(C)(C)C)c(C(C)(C)C)c1. The van der Waals surface area contributed by atoms with Gasteiger partial charge in [-0.3, -0.25) is 0 Å². The first kappa shape index (κ1) is 34.5. The van der Waals surface area contributed by atoms with Crippen LogP contribution in [0.1, 0.15) is 158 Å². The molecular weight excluding hydrogens is 594 g/mol. The molecule has 2 heteroatoms. The Balaban J connectivity index is 3.02. The molecule has 0 aromatic heterocycles. The monoisotopic (exact) mass is 652 g/mol.